The highest BCUT2D eigenvalue weighted by molar-refractivity contribution is 7.10. The van der Waals surface area contributed by atoms with Gasteiger partial charge in [-0.3, -0.25) is 4.79 Å². The number of carbonyl (C=O) groups excluding carboxylic acids is 1. The first-order valence-electron chi connectivity index (χ1n) is 6.38. The number of anilines is 1. The Labute approximate surface area is 136 Å². The van der Waals surface area contributed by atoms with Crippen LogP contribution in [0, 0.1) is 6.92 Å². The van der Waals surface area contributed by atoms with E-state index in [0.29, 0.717) is 28.6 Å². The number of phenols is 1. The highest BCUT2D eigenvalue weighted by Crippen LogP contribution is 2.42. The van der Waals surface area contributed by atoms with Crippen molar-refractivity contribution >= 4 is 45.6 Å². The fraction of sp³-hybridized carbons (Fsp3) is 0.286. The van der Waals surface area contributed by atoms with E-state index in [-0.39, 0.29) is 17.6 Å². The van der Waals surface area contributed by atoms with Crippen LogP contribution >= 0.6 is 34.7 Å². The Balaban J connectivity index is 1.93. The first-order valence-corrected chi connectivity index (χ1v) is 7.91. The molecule has 0 aliphatic carbocycles. The van der Waals surface area contributed by atoms with Crippen molar-refractivity contribution in [1.29, 1.82) is 0 Å². The number of aromatic nitrogens is 1. The standard InChI is InChI=1S/C14H12Cl2N2O2S/c1-7-4-12(21-17-7)18-6-8(5-11(18)20)13-10(19)3-2-9(15)14(13)16/h2-4,8,19H,5-6H2,1H3/t8-/m1/s1. The quantitative estimate of drug-likeness (QED) is 0.897. The molecular formula is C14H12Cl2N2O2S. The van der Waals surface area contributed by atoms with Gasteiger partial charge in [-0.2, -0.15) is 4.37 Å². The lowest BCUT2D eigenvalue weighted by Crippen LogP contribution is -2.23. The summed E-state index contributed by atoms with van der Waals surface area (Å²) in [6.45, 7) is 2.35. The molecule has 1 atom stereocenters. The third-order valence-corrected chi connectivity index (χ3v) is 5.25. The van der Waals surface area contributed by atoms with Crippen molar-refractivity contribution in [3.8, 4) is 5.75 Å². The average Bonchev–Trinajstić information content (AvgIpc) is 3.01. The number of rotatable bonds is 2. The Kier molecular flexibility index (Phi) is 3.82. The van der Waals surface area contributed by atoms with Gasteiger partial charge in [0.05, 0.1) is 15.7 Å². The summed E-state index contributed by atoms with van der Waals surface area (Å²) in [4.78, 5) is 13.9. The van der Waals surface area contributed by atoms with Crippen LogP contribution in [0.3, 0.4) is 0 Å². The SMILES string of the molecule is Cc1cc(N2C[C@H](c3c(O)ccc(Cl)c3Cl)CC2=O)sn1. The van der Waals surface area contributed by atoms with E-state index in [2.05, 4.69) is 4.37 Å². The number of benzene rings is 1. The van der Waals surface area contributed by atoms with Gasteiger partial charge >= 0.3 is 0 Å². The fourth-order valence-corrected chi connectivity index (χ4v) is 3.80. The van der Waals surface area contributed by atoms with Gasteiger partial charge in [-0.1, -0.05) is 23.2 Å². The third kappa shape index (κ3) is 2.61. The van der Waals surface area contributed by atoms with Crippen molar-refractivity contribution in [2.45, 2.75) is 19.3 Å². The van der Waals surface area contributed by atoms with Crippen molar-refractivity contribution < 1.29 is 9.90 Å². The predicted octanol–water partition coefficient (Wildman–Crippen LogP) is 3.98. The van der Waals surface area contributed by atoms with Gasteiger partial charge in [0.2, 0.25) is 5.91 Å². The first kappa shape index (κ1) is 14.6. The molecule has 1 aromatic heterocycles. The van der Waals surface area contributed by atoms with Crippen LogP contribution in [-0.4, -0.2) is 21.9 Å². The Morgan fingerprint density at radius 2 is 2.19 bits per heavy atom. The van der Waals surface area contributed by atoms with E-state index in [1.165, 1.54) is 17.6 Å². The molecule has 1 N–H and O–H groups in total. The number of halogens is 2. The maximum atomic E-state index is 12.2. The Morgan fingerprint density at radius 1 is 1.43 bits per heavy atom. The minimum atomic E-state index is -0.175. The molecule has 0 saturated carbocycles. The number of carbonyl (C=O) groups is 1. The van der Waals surface area contributed by atoms with Crippen molar-refractivity contribution in [2.75, 3.05) is 11.4 Å². The van der Waals surface area contributed by atoms with Gasteiger partial charge in [0.1, 0.15) is 10.8 Å². The predicted molar refractivity (Wildman–Crippen MR) is 84.7 cm³/mol. The Hall–Kier alpha value is -1.30. The molecule has 2 aromatic rings. The topological polar surface area (TPSA) is 53.4 Å². The normalized spacial score (nSPS) is 18.5. The van der Waals surface area contributed by atoms with Crippen LogP contribution in [-0.2, 0) is 4.79 Å². The van der Waals surface area contributed by atoms with E-state index < -0.39 is 0 Å². The van der Waals surface area contributed by atoms with Gasteiger partial charge < -0.3 is 10.0 Å². The minimum Gasteiger partial charge on any atom is -0.508 e. The third-order valence-electron chi connectivity index (χ3n) is 3.52. The lowest BCUT2D eigenvalue weighted by atomic mass is 9.97. The molecule has 2 heterocycles. The second-order valence-corrected chi connectivity index (χ2v) is 6.57. The van der Waals surface area contributed by atoms with Gasteiger partial charge in [0, 0.05) is 24.4 Å². The number of nitrogens with zero attached hydrogens (tertiary/aromatic N) is 2. The summed E-state index contributed by atoms with van der Waals surface area (Å²) in [5.41, 5.74) is 1.43. The zero-order valence-electron chi connectivity index (χ0n) is 11.1. The van der Waals surface area contributed by atoms with E-state index >= 15 is 0 Å². The van der Waals surface area contributed by atoms with E-state index in [4.69, 9.17) is 23.2 Å². The van der Waals surface area contributed by atoms with E-state index in [1.807, 2.05) is 13.0 Å². The molecule has 0 spiro atoms. The summed E-state index contributed by atoms with van der Waals surface area (Å²) in [7, 11) is 0. The molecule has 1 aliphatic rings. The van der Waals surface area contributed by atoms with Crippen molar-refractivity contribution in [2.24, 2.45) is 0 Å². The van der Waals surface area contributed by atoms with E-state index in [9.17, 15) is 9.90 Å². The number of amides is 1. The molecule has 110 valence electrons. The van der Waals surface area contributed by atoms with Crippen molar-refractivity contribution in [1.82, 2.24) is 4.37 Å². The van der Waals surface area contributed by atoms with Gasteiger partial charge in [-0.25, -0.2) is 0 Å². The number of hydrogen-bond donors (Lipinski definition) is 1. The van der Waals surface area contributed by atoms with Crippen molar-refractivity contribution in [3.05, 3.63) is 39.5 Å². The van der Waals surface area contributed by atoms with Gasteiger partial charge in [-0.05, 0) is 36.7 Å². The van der Waals surface area contributed by atoms with Crippen LogP contribution in [0.15, 0.2) is 18.2 Å². The maximum absolute atomic E-state index is 12.2. The summed E-state index contributed by atoms with van der Waals surface area (Å²) in [5, 5.41) is 11.6. The van der Waals surface area contributed by atoms with Gasteiger partial charge in [-0.15, -0.1) is 0 Å². The highest BCUT2D eigenvalue weighted by Gasteiger charge is 2.35. The molecule has 1 fully saturated rings. The number of aromatic hydroxyl groups is 1. The smallest absolute Gasteiger partial charge is 0.228 e. The first-order chi connectivity index (χ1) is 9.97. The second-order valence-electron chi connectivity index (χ2n) is 5.01. The summed E-state index contributed by atoms with van der Waals surface area (Å²) in [6.07, 6.45) is 0.296. The van der Waals surface area contributed by atoms with Gasteiger partial charge in [0.25, 0.3) is 0 Å². The molecular weight excluding hydrogens is 331 g/mol. The number of phenolic OH excluding ortho intramolecular Hbond substituents is 1. The molecule has 0 unspecified atom stereocenters. The van der Waals surface area contributed by atoms with E-state index in [0.717, 1.165) is 10.7 Å². The number of hydrogen-bond acceptors (Lipinski definition) is 4. The maximum Gasteiger partial charge on any atom is 0.228 e. The fourth-order valence-electron chi connectivity index (χ4n) is 2.54. The second kappa shape index (κ2) is 5.48. The van der Waals surface area contributed by atoms with E-state index in [1.54, 1.807) is 11.0 Å². The highest BCUT2D eigenvalue weighted by atomic mass is 35.5. The van der Waals surface area contributed by atoms with Crippen molar-refractivity contribution in [3.63, 3.8) is 0 Å². The zero-order chi connectivity index (χ0) is 15.1. The lowest BCUT2D eigenvalue weighted by Gasteiger charge is -2.16. The summed E-state index contributed by atoms with van der Waals surface area (Å²) < 4.78 is 4.19. The van der Waals surface area contributed by atoms with Crippen LogP contribution in [0.25, 0.3) is 0 Å². The minimum absolute atomic E-state index is 0.000841. The molecule has 1 aromatic carbocycles. The number of aryl methyl sites for hydroxylation is 1. The molecule has 7 heteroatoms. The zero-order valence-corrected chi connectivity index (χ0v) is 13.5. The van der Waals surface area contributed by atoms with Crippen LogP contribution in [0.2, 0.25) is 10.0 Å². The van der Waals surface area contributed by atoms with Crippen LogP contribution < -0.4 is 4.90 Å². The molecule has 1 saturated heterocycles. The van der Waals surface area contributed by atoms with Crippen LogP contribution in [0.4, 0.5) is 5.00 Å². The Bertz CT molecular complexity index is 717. The summed E-state index contributed by atoms with van der Waals surface area (Å²) in [6, 6.07) is 4.93. The molecule has 0 bridgehead atoms. The molecule has 21 heavy (non-hydrogen) atoms. The van der Waals surface area contributed by atoms with Gasteiger partial charge in [0.15, 0.2) is 0 Å². The van der Waals surface area contributed by atoms with Crippen LogP contribution in [0.1, 0.15) is 23.6 Å². The summed E-state index contributed by atoms with van der Waals surface area (Å²) >= 11 is 13.5. The molecule has 0 radical (unpaired) electrons. The average molecular weight is 343 g/mol. The monoisotopic (exact) mass is 342 g/mol. The molecule has 1 aliphatic heterocycles. The Morgan fingerprint density at radius 3 is 2.86 bits per heavy atom. The van der Waals surface area contributed by atoms with Crippen LogP contribution in [0.5, 0.6) is 5.75 Å². The largest absolute Gasteiger partial charge is 0.508 e. The molecule has 3 rings (SSSR count). The lowest BCUT2D eigenvalue weighted by molar-refractivity contribution is -0.117. The molecule has 4 nitrogen and oxygen atoms in total. The molecule has 1 amide bonds. The summed E-state index contributed by atoms with van der Waals surface area (Å²) in [5.74, 6) is -0.102.